The number of ether oxygens (including phenoxy) is 1. The second-order valence-corrected chi connectivity index (χ2v) is 5.91. The maximum atomic E-state index is 10.9. The van der Waals surface area contributed by atoms with Crippen molar-refractivity contribution in [2.75, 3.05) is 19.7 Å². The number of rotatable bonds is 6. The Kier molecular flexibility index (Phi) is 5.01. The molecule has 1 fully saturated rings. The summed E-state index contributed by atoms with van der Waals surface area (Å²) in [5.74, 6) is 0.535. The number of likely N-dealkylation sites (tertiary alicyclic amines) is 1. The van der Waals surface area contributed by atoms with Gasteiger partial charge in [-0.3, -0.25) is 9.69 Å². The highest BCUT2D eigenvalue weighted by Gasteiger charge is 2.27. The molecule has 20 heavy (non-hydrogen) atoms. The van der Waals surface area contributed by atoms with E-state index in [9.17, 15) is 4.79 Å². The van der Waals surface area contributed by atoms with Gasteiger partial charge in [0.2, 0.25) is 0 Å². The molecule has 1 heterocycles. The molecule has 0 saturated carbocycles. The molecule has 1 N–H and O–H groups in total. The Balaban J connectivity index is 1.83. The van der Waals surface area contributed by atoms with E-state index in [0.29, 0.717) is 12.5 Å². The van der Waals surface area contributed by atoms with Crippen molar-refractivity contribution >= 4 is 5.97 Å². The van der Waals surface area contributed by atoms with E-state index >= 15 is 0 Å². The number of benzene rings is 1. The third-order valence-electron chi connectivity index (χ3n) is 3.53. The van der Waals surface area contributed by atoms with E-state index in [1.807, 2.05) is 12.1 Å². The molecule has 0 radical (unpaired) electrons. The maximum Gasteiger partial charge on any atom is 0.307 e. The zero-order valence-electron chi connectivity index (χ0n) is 12.2. The van der Waals surface area contributed by atoms with Gasteiger partial charge in [0.15, 0.2) is 0 Å². The Morgan fingerprint density at radius 3 is 2.65 bits per heavy atom. The molecule has 110 valence electrons. The molecular formula is C16H23NO3. The lowest BCUT2D eigenvalue weighted by atomic mass is 10.1. The SMILES string of the molecule is CC(C)COc1ccc(CN2CCC(C(=O)O)C2)cc1. The Morgan fingerprint density at radius 1 is 1.40 bits per heavy atom. The Morgan fingerprint density at radius 2 is 2.10 bits per heavy atom. The Bertz CT molecular complexity index is 442. The van der Waals surface area contributed by atoms with Gasteiger partial charge in [0.1, 0.15) is 5.75 Å². The van der Waals surface area contributed by atoms with Gasteiger partial charge in [-0.05, 0) is 36.6 Å². The van der Waals surface area contributed by atoms with Crippen LogP contribution in [0, 0.1) is 11.8 Å². The van der Waals surface area contributed by atoms with Gasteiger partial charge in [0.25, 0.3) is 0 Å². The molecule has 0 spiro atoms. The monoisotopic (exact) mass is 277 g/mol. The summed E-state index contributed by atoms with van der Waals surface area (Å²) < 4.78 is 5.65. The fourth-order valence-electron chi connectivity index (χ4n) is 2.39. The number of nitrogens with zero attached hydrogens (tertiary/aromatic N) is 1. The Hall–Kier alpha value is -1.55. The largest absolute Gasteiger partial charge is 0.493 e. The van der Waals surface area contributed by atoms with Gasteiger partial charge >= 0.3 is 5.97 Å². The molecule has 2 rings (SSSR count). The Labute approximate surface area is 120 Å². The molecule has 0 amide bonds. The topological polar surface area (TPSA) is 49.8 Å². The van der Waals surface area contributed by atoms with Crippen LogP contribution in [0.15, 0.2) is 24.3 Å². The van der Waals surface area contributed by atoms with Gasteiger partial charge < -0.3 is 9.84 Å². The van der Waals surface area contributed by atoms with Crippen LogP contribution in [-0.2, 0) is 11.3 Å². The molecule has 0 aliphatic carbocycles. The zero-order chi connectivity index (χ0) is 14.5. The minimum atomic E-state index is -0.676. The van der Waals surface area contributed by atoms with Crippen molar-refractivity contribution in [3.63, 3.8) is 0 Å². The number of hydrogen-bond donors (Lipinski definition) is 1. The summed E-state index contributed by atoms with van der Waals surface area (Å²) in [7, 11) is 0. The van der Waals surface area contributed by atoms with Crippen molar-refractivity contribution < 1.29 is 14.6 Å². The predicted octanol–water partition coefficient (Wildman–Crippen LogP) is 2.63. The summed E-state index contributed by atoms with van der Waals surface area (Å²) in [5, 5.41) is 8.99. The van der Waals surface area contributed by atoms with Crippen molar-refractivity contribution in [3.8, 4) is 5.75 Å². The third-order valence-corrected chi connectivity index (χ3v) is 3.53. The first kappa shape index (κ1) is 14.9. The summed E-state index contributed by atoms with van der Waals surface area (Å²) >= 11 is 0. The fourth-order valence-corrected chi connectivity index (χ4v) is 2.39. The van der Waals surface area contributed by atoms with Gasteiger partial charge in [-0.2, -0.15) is 0 Å². The molecule has 1 aromatic carbocycles. The van der Waals surface area contributed by atoms with E-state index in [1.165, 1.54) is 5.56 Å². The lowest BCUT2D eigenvalue weighted by Crippen LogP contribution is -2.22. The zero-order valence-corrected chi connectivity index (χ0v) is 12.2. The molecule has 0 bridgehead atoms. The van der Waals surface area contributed by atoms with Crippen LogP contribution in [0.4, 0.5) is 0 Å². The summed E-state index contributed by atoms with van der Waals surface area (Å²) in [6.07, 6.45) is 0.755. The maximum absolute atomic E-state index is 10.9. The van der Waals surface area contributed by atoms with Crippen LogP contribution in [0.5, 0.6) is 5.75 Å². The molecule has 1 unspecified atom stereocenters. The van der Waals surface area contributed by atoms with E-state index in [1.54, 1.807) is 0 Å². The third kappa shape index (κ3) is 4.23. The van der Waals surface area contributed by atoms with Crippen LogP contribution in [0.1, 0.15) is 25.8 Å². The van der Waals surface area contributed by atoms with Gasteiger partial charge in [-0.25, -0.2) is 0 Å². The summed E-state index contributed by atoms with van der Waals surface area (Å²) in [5.41, 5.74) is 1.20. The van der Waals surface area contributed by atoms with Crippen LogP contribution < -0.4 is 4.74 Å². The number of aliphatic carboxylic acids is 1. The van der Waals surface area contributed by atoms with E-state index in [4.69, 9.17) is 9.84 Å². The quantitative estimate of drug-likeness (QED) is 0.868. The van der Waals surface area contributed by atoms with Gasteiger partial charge in [-0.15, -0.1) is 0 Å². The van der Waals surface area contributed by atoms with Gasteiger partial charge in [0.05, 0.1) is 12.5 Å². The normalized spacial score (nSPS) is 19.4. The van der Waals surface area contributed by atoms with Gasteiger partial charge in [-0.1, -0.05) is 26.0 Å². The van der Waals surface area contributed by atoms with Crippen molar-refractivity contribution in [1.82, 2.24) is 4.90 Å². The molecular weight excluding hydrogens is 254 g/mol. The first-order chi connectivity index (χ1) is 9.54. The second kappa shape index (κ2) is 6.75. The molecule has 1 saturated heterocycles. The minimum absolute atomic E-state index is 0.205. The van der Waals surface area contributed by atoms with Crippen molar-refractivity contribution in [3.05, 3.63) is 29.8 Å². The fraction of sp³-hybridized carbons (Fsp3) is 0.562. The predicted molar refractivity (Wildman–Crippen MR) is 77.8 cm³/mol. The van der Waals surface area contributed by atoms with Crippen molar-refractivity contribution in [1.29, 1.82) is 0 Å². The summed E-state index contributed by atoms with van der Waals surface area (Å²) in [4.78, 5) is 13.1. The smallest absolute Gasteiger partial charge is 0.307 e. The average molecular weight is 277 g/mol. The lowest BCUT2D eigenvalue weighted by molar-refractivity contribution is -0.141. The minimum Gasteiger partial charge on any atom is -0.493 e. The standard InChI is InChI=1S/C16H23NO3/c1-12(2)11-20-15-5-3-13(4-6-15)9-17-8-7-14(10-17)16(18)19/h3-6,12,14H,7-11H2,1-2H3,(H,18,19). The van der Waals surface area contributed by atoms with Crippen LogP contribution in [-0.4, -0.2) is 35.7 Å². The van der Waals surface area contributed by atoms with Crippen molar-refractivity contribution in [2.45, 2.75) is 26.8 Å². The molecule has 4 nitrogen and oxygen atoms in total. The van der Waals surface area contributed by atoms with Crippen LogP contribution >= 0.6 is 0 Å². The van der Waals surface area contributed by atoms with Crippen LogP contribution in [0.3, 0.4) is 0 Å². The first-order valence-corrected chi connectivity index (χ1v) is 7.21. The highest BCUT2D eigenvalue weighted by Crippen LogP contribution is 2.20. The molecule has 1 atom stereocenters. The lowest BCUT2D eigenvalue weighted by Gasteiger charge is -2.15. The van der Waals surface area contributed by atoms with E-state index < -0.39 is 5.97 Å². The molecule has 1 aliphatic rings. The molecule has 1 aromatic rings. The summed E-state index contributed by atoms with van der Waals surface area (Å²) in [6.45, 7) is 7.31. The van der Waals surface area contributed by atoms with E-state index in [2.05, 4.69) is 30.9 Å². The number of carboxylic acid groups (broad SMARTS) is 1. The van der Waals surface area contributed by atoms with Crippen LogP contribution in [0.25, 0.3) is 0 Å². The first-order valence-electron chi connectivity index (χ1n) is 7.21. The number of hydrogen-bond acceptors (Lipinski definition) is 3. The highest BCUT2D eigenvalue weighted by atomic mass is 16.5. The van der Waals surface area contributed by atoms with Crippen LogP contribution in [0.2, 0.25) is 0 Å². The second-order valence-electron chi connectivity index (χ2n) is 5.91. The number of carboxylic acids is 1. The van der Waals surface area contributed by atoms with Crippen molar-refractivity contribution in [2.24, 2.45) is 11.8 Å². The average Bonchev–Trinajstić information content (AvgIpc) is 2.86. The molecule has 0 aromatic heterocycles. The molecule has 4 heteroatoms. The summed E-state index contributed by atoms with van der Waals surface area (Å²) in [6, 6.07) is 8.10. The number of carbonyl (C=O) groups is 1. The highest BCUT2D eigenvalue weighted by molar-refractivity contribution is 5.70. The van der Waals surface area contributed by atoms with Gasteiger partial charge in [0, 0.05) is 13.1 Å². The van der Waals surface area contributed by atoms with E-state index in [-0.39, 0.29) is 5.92 Å². The van der Waals surface area contributed by atoms with E-state index in [0.717, 1.165) is 31.9 Å². The molecule has 1 aliphatic heterocycles.